The van der Waals surface area contributed by atoms with E-state index >= 15 is 0 Å². The molecule has 6 fully saturated rings. The van der Waals surface area contributed by atoms with Crippen molar-refractivity contribution in [2.24, 2.45) is 17.8 Å². The summed E-state index contributed by atoms with van der Waals surface area (Å²) in [4.78, 5) is 136. The van der Waals surface area contributed by atoms with Crippen LogP contribution >= 0.6 is 0 Å². The lowest BCUT2D eigenvalue weighted by atomic mass is 9.95. The van der Waals surface area contributed by atoms with Gasteiger partial charge in [-0.25, -0.2) is 55.6 Å². The number of fused-ring (bicyclic) bond motifs is 4. The van der Waals surface area contributed by atoms with Gasteiger partial charge < -0.3 is 43.9 Å². The van der Waals surface area contributed by atoms with E-state index in [2.05, 4.69) is 95.7 Å². The quantitative estimate of drug-likeness (QED) is 0.0570. The highest BCUT2D eigenvalue weighted by Gasteiger charge is 2.40. The fraction of sp³-hybridized carbons (Fsp3) is 0.477. The summed E-state index contributed by atoms with van der Waals surface area (Å²) in [5, 5.41) is 18.6. The van der Waals surface area contributed by atoms with E-state index in [-0.39, 0.29) is 132 Å². The van der Waals surface area contributed by atoms with Crippen LogP contribution in [0.25, 0.3) is 67.6 Å². The third-order valence-electron chi connectivity index (χ3n) is 27.4. The first-order valence-electron chi connectivity index (χ1n) is 49.8. The number of amides is 8. The molecule has 6 aliphatic rings. The molecular formula is C107H127F7N20O9. The highest BCUT2D eigenvalue weighted by molar-refractivity contribution is 5.96. The van der Waals surface area contributed by atoms with E-state index in [9.17, 15) is 69.1 Å². The molecule has 0 unspecified atom stereocenters. The largest absolute Gasteiger partial charge is 0.389 e. The monoisotopic (exact) mass is 1970 g/mol. The van der Waals surface area contributed by atoms with Crippen LogP contribution in [0.2, 0.25) is 0 Å². The Balaban J connectivity index is 0.000000144. The van der Waals surface area contributed by atoms with Crippen LogP contribution in [-0.4, -0.2) is 267 Å². The second-order valence-electron chi connectivity index (χ2n) is 40.2. The van der Waals surface area contributed by atoms with Crippen LogP contribution in [0.4, 0.5) is 30.7 Å². The van der Waals surface area contributed by atoms with Gasteiger partial charge in [0, 0.05) is 186 Å². The molecule has 0 bridgehead atoms. The van der Waals surface area contributed by atoms with E-state index in [0.717, 1.165) is 96.2 Å². The minimum absolute atomic E-state index is 0.0181. The van der Waals surface area contributed by atoms with Gasteiger partial charge in [0.1, 0.15) is 46.0 Å². The Bertz CT molecular complexity index is 6590. The number of benzene rings is 4. The molecule has 13 heterocycles. The molecule has 0 spiro atoms. The van der Waals surface area contributed by atoms with E-state index in [0.29, 0.717) is 158 Å². The Morgan fingerprint density at radius 2 is 0.601 bits per heavy atom. The predicted octanol–water partition coefficient (Wildman–Crippen LogP) is 18.1. The standard InChI is InChI=1S/C28H34FN5O3.C28H36FN5O2.C26H30FN5O2.C25H27F4N5O2/c1-18(2)23-15-24(21-4-6-22(29)7-5-21)31-34-17-25(30-27(23)34)28(36)32-10-11-33(19(3)16-32)26(35)14-20-8-12-37-13-9-20;1-18(2)7-6-8-26(35)33-14-13-32(16-20(33)5)28(36)25-17-34-27(30-25)23(19(3)4)15-24(31-34)21-9-11-22(29)12-10-21;1-16(2)21-13-22(19-6-8-20(27)9-7-19)29-32-15-23(28-25(21)32)26(34)30-10-11-31(17(3)14-30)24(33)12-18-4-5-18;1-15(2)19-12-20(17-4-6-18(26)7-5-17)31-34-14-21(30-23(19)34)24(36)32-10-11-33(16(3)13-32)22(35)8-9-25(27,28)29/h4-7,15,17-20H,8-14,16H2,1-3H3;9-12,15,17-20H,6-8,13-14,16H2,1-5H3;6-9,13,15-18H,4-5,10-12,14H2,1-3H3;4-7,12,14-16H,8-11,13H2,1-3H3/t19-;20-;17-;16-/m0000/s1. The van der Waals surface area contributed by atoms with Gasteiger partial charge in [-0.1, -0.05) is 75.7 Å². The number of hydrogen-bond donors (Lipinski definition) is 0. The van der Waals surface area contributed by atoms with Gasteiger partial charge in [-0.15, -0.1) is 0 Å². The lowest BCUT2D eigenvalue weighted by molar-refractivity contribution is -0.151. The SMILES string of the molecule is CC(C)CCCC(=O)N1CCN(C(=O)c2cn3nc(-c4ccc(F)cc4)cc(C(C)C)c3n2)C[C@@H]1C.CC(C)c1cc(-c2ccc(F)cc2)nn2cc(C(=O)N3CCN(C(=O)CC4CC4)[C@@H](C)C3)nc12.CC(C)c1cc(-c2ccc(F)cc2)nn2cc(C(=O)N3CCN(C(=O)CC4CCOCC4)[C@@H](C)C3)nc12.CC(C)c1cc(-c2ccc(F)cc2)nn2cc(C(=O)N3CCN(C(=O)CCC(F)(F)F)[C@@H](C)C3)nc12. The van der Waals surface area contributed by atoms with Crippen molar-refractivity contribution in [1.82, 2.24) is 97.6 Å². The number of aromatic nitrogens is 12. The minimum atomic E-state index is -4.39. The molecular weight excluding hydrogens is 1840 g/mol. The molecule has 4 atom stereocenters. The molecule has 0 radical (unpaired) electrons. The molecule has 758 valence electrons. The number of hydrogen-bond acceptors (Lipinski definition) is 17. The number of carbonyl (C=O) groups excluding carboxylic acids is 8. The second kappa shape index (κ2) is 45.0. The summed E-state index contributed by atoms with van der Waals surface area (Å²) in [5.74, 6) is -0.0115. The van der Waals surface area contributed by atoms with Gasteiger partial charge in [-0.05, 0) is 223 Å². The molecule has 8 aromatic heterocycles. The van der Waals surface area contributed by atoms with Crippen LogP contribution in [0.5, 0.6) is 0 Å². The van der Waals surface area contributed by atoms with Crippen molar-refractivity contribution >= 4 is 69.8 Å². The zero-order chi connectivity index (χ0) is 102. The number of alkyl halides is 3. The van der Waals surface area contributed by atoms with Crippen LogP contribution in [0.3, 0.4) is 0 Å². The Labute approximate surface area is 827 Å². The molecule has 4 aromatic carbocycles. The summed E-state index contributed by atoms with van der Waals surface area (Å²) in [6, 6.07) is 31.8. The van der Waals surface area contributed by atoms with Crippen molar-refractivity contribution < 1.29 is 73.8 Å². The number of carbonyl (C=O) groups is 8. The van der Waals surface area contributed by atoms with Gasteiger partial charge in [0.25, 0.3) is 23.6 Å². The molecule has 1 aliphatic carbocycles. The van der Waals surface area contributed by atoms with E-state index < -0.39 is 31.0 Å². The first kappa shape index (κ1) is 104. The summed E-state index contributed by atoms with van der Waals surface area (Å²) in [6.07, 6.45) is 8.26. The van der Waals surface area contributed by atoms with Gasteiger partial charge in [-0.2, -0.15) is 33.6 Å². The van der Waals surface area contributed by atoms with E-state index in [1.54, 1.807) is 118 Å². The maximum atomic E-state index is 13.4. The molecule has 12 aromatic rings. The smallest absolute Gasteiger partial charge is 0.381 e. The maximum absolute atomic E-state index is 13.4. The van der Waals surface area contributed by atoms with Gasteiger partial charge in [0.15, 0.2) is 22.6 Å². The number of rotatable bonds is 22. The zero-order valence-corrected chi connectivity index (χ0v) is 83.6. The number of piperazine rings is 4. The molecule has 36 heteroatoms. The Kier molecular flexibility index (Phi) is 32.7. The Hall–Kier alpha value is -13.4. The molecule has 8 amide bonds. The number of nitrogens with zero attached hydrogens (tertiary/aromatic N) is 20. The summed E-state index contributed by atoms with van der Waals surface area (Å²) in [7, 11) is 0. The Morgan fingerprint density at radius 1 is 0.350 bits per heavy atom. The first-order valence-corrected chi connectivity index (χ1v) is 49.8. The highest BCUT2D eigenvalue weighted by Crippen LogP contribution is 2.37. The average Bonchev–Trinajstić information content (AvgIpc) is 1.64. The van der Waals surface area contributed by atoms with Crippen LogP contribution in [0.1, 0.15) is 255 Å². The number of imidazole rings is 4. The van der Waals surface area contributed by atoms with E-state index in [4.69, 9.17) is 4.74 Å². The zero-order valence-electron chi connectivity index (χ0n) is 83.6. The summed E-state index contributed by atoms with van der Waals surface area (Å²) in [6.45, 7) is 34.9. The molecule has 0 N–H and O–H groups in total. The van der Waals surface area contributed by atoms with Crippen molar-refractivity contribution in [1.29, 1.82) is 0 Å². The van der Waals surface area contributed by atoms with Crippen LogP contribution < -0.4 is 0 Å². The number of halogens is 7. The number of ether oxygens (including phenoxy) is 1. The van der Waals surface area contributed by atoms with Crippen molar-refractivity contribution in [2.75, 3.05) is 91.8 Å². The predicted molar refractivity (Wildman–Crippen MR) is 528 cm³/mol. The van der Waals surface area contributed by atoms with Crippen molar-refractivity contribution in [2.45, 2.75) is 222 Å². The Morgan fingerprint density at radius 3 is 0.839 bits per heavy atom. The summed E-state index contributed by atoms with van der Waals surface area (Å²) < 4.78 is 103. The van der Waals surface area contributed by atoms with Gasteiger partial charge in [0.05, 0.1) is 54.0 Å². The fourth-order valence-electron chi connectivity index (χ4n) is 19.1. The lowest BCUT2D eigenvalue weighted by Gasteiger charge is -2.40. The van der Waals surface area contributed by atoms with Crippen molar-refractivity contribution in [3.05, 3.63) is 214 Å². The van der Waals surface area contributed by atoms with Crippen molar-refractivity contribution in [3.8, 4) is 45.0 Å². The minimum Gasteiger partial charge on any atom is -0.381 e. The third kappa shape index (κ3) is 25.3. The second-order valence-corrected chi connectivity index (χ2v) is 40.2. The molecule has 143 heavy (non-hydrogen) atoms. The van der Waals surface area contributed by atoms with Crippen molar-refractivity contribution in [3.63, 3.8) is 0 Å². The molecule has 18 rings (SSSR count). The normalized spacial score (nSPS) is 17.7. The molecule has 29 nitrogen and oxygen atoms in total. The van der Waals surface area contributed by atoms with Crippen LogP contribution in [-0.2, 0) is 23.9 Å². The lowest BCUT2D eigenvalue weighted by Crippen LogP contribution is -2.55. The summed E-state index contributed by atoms with van der Waals surface area (Å²) in [5.41, 5.74) is 13.3. The molecule has 1 saturated carbocycles. The highest BCUT2D eigenvalue weighted by atomic mass is 19.4. The van der Waals surface area contributed by atoms with Crippen LogP contribution in [0, 0.1) is 41.0 Å². The summed E-state index contributed by atoms with van der Waals surface area (Å²) >= 11 is 0. The van der Waals surface area contributed by atoms with Crippen LogP contribution in [0.15, 0.2) is 146 Å². The average molecular weight is 1970 g/mol. The molecule has 5 aliphatic heterocycles. The maximum Gasteiger partial charge on any atom is 0.389 e. The van der Waals surface area contributed by atoms with Gasteiger partial charge >= 0.3 is 6.18 Å². The van der Waals surface area contributed by atoms with E-state index in [1.165, 1.54) is 53.4 Å². The molecule has 5 saturated heterocycles. The van der Waals surface area contributed by atoms with Gasteiger partial charge in [0.2, 0.25) is 23.6 Å². The topological polar surface area (TPSA) is 292 Å². The van der Waals surface area contributed by atoms with Gasteiger partial charge in [-0.3, -0.25) is 38.4 Å². The van der Waals surface area contributed by atoms with E-state index in [1.807, 2.05) is 73.6 Å². The first-order chi connectivity index (χ1) is 68.1. The fourth-order valence-corrected chi connectivity index (χ4v) is 19.1. The third-order valence-corrected chi connectivity index (χ3v) is 27.4.